The van der Waals surface area contributed by atoms with Gasteiger partial charge in [-0.2, -0.15) is 0 Å². The molecule has 0 aromatic carbocycles. The zero-order chi connectivity index (χ0) is 7.90. The van der Waals surface area contributed by atoms with Crippen molar-refractivity contribution in [3.05, 3.63) is 0 Å². The summed E-state index contributed by atoms with van der Waals surface area (Å²) in [6, 6.07) is 0.507. The van der Waals surface area contributed by atoms with Crippen LogP contribution < -0.4 is 5.73 Å². The Hall–Kier alpha value is -0.0400. The highest BCUT2D eigenvalue weighted by Crippen LogP contribution is 2.49. The molecule has 1 unspecified atom stereocenters. The van der Waals surface area contributed by atoms with Crippen LogP contribution in [-0.4, -0.2) is 6.04 Å². The van der Waals surface area contributed by atoms with Crippen molar-refractivity contribution in [1.82, 2.24) is 0 Å². The van der Waals surface area contributed by atoms with Crippen molar-refractivity contribution in [3.63, 3.8) is 0 Å². The van der Waals surface area contributed by atoms with E-state index >= 15 is 0 Å². The molecule has 2 N–H and O–H groups in total. The molecule has 0 radical (unpaired) electrons. The molecule has 0 amide bonds. The summed E-state index contributed by atoms with van der Waals surface area (Å²) in [5.41, 5.74) is 6.67. The zero-order valence-electron chi connectivity index (χ0n) is 7.47. The van der Waals surface area contributed by atoms with E-state index < -0.39 is 0 Å². The van der Waals surface area contributed by atoms with Crippen LogP contribution in [0.25, 0.3) is 0 Å². The van der Waals surface area contributed by atoms with Crippen LogP contribution in [0, 0.1) is 11.3 Å². The normalized spacial score (nSPS) is 31.1. The molecule has 2 saturated carbocycles. The van der Waals surface area contributed by atoms with Gasteiger partial charge in [-0.1, -0.05) is 26.2 Å². The van der Waals surface area contributed by atoms with Gasteiger partial charge in [-0.25, -0.2) is 0 Å². The predicted octanol–water partition coefficient (Wildman–Crippen LogP) is 2.30. The van der Waals surface area contributed by atoms with E-state index in [0.29, 0.717) is 11.5 Å². The lowest BCUT2D eigenvalue weighted by Crippen LogP contribution is -2.33. The molecule has 0 aromatic heterocycles. The van der Waals surface area contributed by atoms with Crippen molar-refractivity contribution >= 4 is 0 Å². The Kier molecular flexibility index (Phi) is 1.71. The van der Waals surface area contributed by atoms with E-state index in [1.165, 1.54) is 38.5 Å². The minimum absolute atomic E-state index is 0.507. The average molecular weight is 153 g/mol. The van der Waals surface area contributed by atoms with Crippen LogP contribution in [0.3, 0.4) is 0 Å². The van der Waals surface area contributed by atoms with Gasteiger partial charge in [-0.15, -0.1) is 0 Å². The lowest BCUT2D eigenvalue weighted by Gasteiger charge is -2.30. The van der Waals surface area contributed by atoms with Gasteiger partial charge in [-0.3, -0.25) is 0 Å². The summed E-state index contributed by atoms with van der Waals surface area (Å²) >= 11 is 0. The quantitative estimate of drug-likeness (QED) is 0.661. The lowest BCUT2D eigenvalue weighted by molar-refractivity contribution is 0.244. The van der Waals surface area contributed by atoms with Gasteiger partial charge in [0.2, 0.25) is 0 Å². The average Bonchev–Trinajstić information content (AvgIpc) is 2.59. The highest BCUT2D eigenvalue weighted by Gasteiger charge is 2.43. The SMILES string of the molecule is CC1(C(N)CC2CCC2)CC1. The third-order valence-electron chi connectivity index (χ3n) is 3.75. The number of hydrogen-bond donors (Lipinski definition) is 1. The Morgan fingerprint density at radius 3 is 2.45 bits per heavy atom. The minimum atomic E-state index is 0.507. The van der Waals surface area contributed by atoms with E-state index in [9.17, 15) is 0 Å². The van der Waals surface area contributed by atoms with E-state index in [4.69, 9.17) is 5.73 Å². The van der Waals surface area contributed by atoms with Crippen LogP contribution in [0.4, 0.5) is 0 Å². The maximum Gasteiger partial charge on any atom is 0.00955 e. The minimum Gasteiger partial charge on any atom is -0.327 e. The highest BCUT2D eigenvalue weighted by atomic mass is 14.7. The molecule has 1 heteroatoms. The van der Waals surface area contributed by atoms with Crippen LogP contribution >= 0.6 is 0 Å². The lowest BCUT2D eigenvalue weighted by atomic mass is 9.78. The number of hydrogen-bond acceptors (Lipinski definition) is 1. The molecular weight excluding hydrogens is 134 g/mol. The van der Waals surface area contributed by atoms with Gasteiger partial charge in [0.25, 0.3) is 0 Å². The zero-order valence-corrected chi connectivity index (χ0v) is 7.47. The van der Waals surface area contributed by atoms with Crippen LogP contribution in [0.2, 0.25) is 0 Å². The van der Waals surface area contributed by atoms with Gasteiger partial charge in [0.1, 0.15) is 0 Å². The van der Waals surface area contributed by atoms with Gasteiger partial charge < -0.3 is 5.73 Å². The molecule has 0 aromatic rings. The summed E-state index contributed by atoms with van der Waals surface area (Å²) < 4.78 is 0. The van der Waals surface area contributed by atoms with E-state index in [1.807, 2.05) is 0 Å². The molecule has 1 atom stereocenters. The molecule has 64 valence electrons. The number of rotatable bonds is 3. The molecule has 0 saturated heterocycles. The second kappa shape index (κ2) is 2.48. The topological polar surface area (TPSA) is 26.0 Å². The van der Waals surface area contributed by atoms with Gasteiger partial charge in [-0.05, 0) is 30.6 Å². The summed E-state index contributed by atoms with van der Waals surface area (Å²) in [5.74, 6) is 0.988. The van der Waals surface area contributed by atoms with Crippen molar-refractivity contribution < 1.29 is 0 Å². The number of nitrogens with two attached hydrogens (primary N) is 1. The molecular formula is C10H19N. The second-order valence-corrected chi connectivity index (χ2v) is 4.79. The summed E-state index contributed by atoms with van der Waals surface area (Å²) in [6.45, 7) is 2.34. The molecule has 0 bridgehead atoms. The Morgan fingerprint density at radius 1 is 1.45 bits per heavy atom. The standard InChI is InChI=1S/C10H19N/c1-10(5-6-10)9(11)7-8-3-2-4-8/h8-9H,2-7,11H2,1H3. The van der Waals surface area contributed by atoms with Crippen molar-refractivity contribution in [1.29, 1.82) is 0 Å². The summed E-state index contributed by atoms with van der Waals surface area (Å²) in [7, 11) is 0. The second-order valence-electron chi connectivity index (χ2n) is 4.79. The van der Waals surface area contributed by atoms with Gasteiger partial charge in [0, 0.05) is 6.04 Å². The molecule has 2 aliphatic carbocycles. The fraction of sp³-hybridized carbons (Fsp3) is 1.00. The maximum atomic E-state index is 6.12. The van der Waals surface area contributed by atoms with Gasteiger partial charge in [0.05, 0.1) is 0 Å². The Balaban J connectivity index is 1.76. The maximum absolute atomic E-state index is 6.12. The Labute approximate surface area is 69.4 Å². The molecule has 0 spiro atoms. The highest BCUT2D eigenvalue weighted by molar-refractivity contribution is 4.98. The van der Waals surface area contributed by atoms with Crippen LogP contribution in [0.15, 0.2) is 0 Å². The van der Waals surface area contributed by atoms with Gasteiger partial charge in [0.15, 0.2) is 0 Å². The fourth-order valence-corrected chi connectivity index (χ4v) is 1.94. The molecule has 0 aliphatic heterocycles. The summed E-state index contributed by atoms with van der Waals surface area (Å²) in [5, 5.41) is 0. The molecule has 2 rings (SSSR count). The monoisotopic (exact) mass is 153 g/mol. The molecule has 11 heavy (non-hydrogen) atoms. The fourth-order valence-electron chi connectivity index (χ4n) is 1.94. The van der Waals surface area contributed by atoms with E-state index in [2.05, 4.69) is 6.92 Å². The van der Waals surface area contributed by atoms with Gasteiger partial charge >= 0.3 is 0 Å². The smallest absolute Gasteiger partial charge is 0.00955 e. The molecule has 2 aliphatic rings. The van der Waals surface area contributed by atoms with Crippen molar-refractivity contribution in [3.8, 4) is 0 Å². The third-order valence-corrected chi connectivity index (χ3v) is 3.75. The molecule has 2 fully saturated rings. The van der Waals surface area contributed by atoms with E-state index in [0.717, 1.165) is 5.92 Å². The van der Waals surface area contributed by atoms with Crippen molar-refractivity contribution in [2.24, 2.45) is 17.1 Å². The Morgan fingerprint density at radius 2 is 2.09 bits per heavy atom. The first kappa shape index (κ1) is 7.60. The first-order valence-electron chi connectivity index (χ1n) is 4.96. The van der Waals surface area contributed by atoms with E-state index in [-0.39, 0.29) is 0 Å². The Bertz CT molecular complexity index is 145. The molecule has 1 nitrogen and oxygen atoms in total. The first-order valence-corrected chi connectivity index (χ1v) is 4.96. The summed E-state index contributed by atoms with van der Waals surface area (Å²) in [6.07, 6.45) is 8.40. The van der Waals surface area contributed by atoms with Crippen LogP contribution in [-0.2, 0) is 0 Å². The van der Waals surface area contributed by atoms with Crippen molar-refractivity contribution in [2.75, 3.05) is 0 Å². The van der Waals surface area contributed by atoms with Crippen LogP contribution in [0.1, 0.15) is 45.4 Å². The van der Waals surface area contributed by atoms with Crippen LogP contribution in [0.5, 0.6) is 0 Å². The third kappa shape index (κ3) is 1.44. The van der Waals surface area contributed by atoms with E-state index in [1.54, 1.807) is 0 Å². The first-order chi connectivity index (χ1) is 5.21. The summed E-state index contributed by atoms with van der Waals surface area (Å²) in [4.78, 5) is 0. The van der Waals surface area contributed by atoms with Crippen molar-refractivity contribution in [2.45, 2.75) is 51.5 Å². The predicted molar refractivity (Wildman–Crippen MR) is 47.3 cm³/mol. The molecule has 0 heterocycles. The largest absolute Gasteiger partial charge is 0.327 e.